The van der Waals surface area contributed by atoms with E-state index in [0.717, 1.165) is 12.7 Å². The van der Waals surface area contributed by atoms with Crippen LogP contribution in [-0.4, -0.2) is 25.8 Å². The molecule has 0 N–H and O–H groups in total. The van der Waals surface area contributed by atoms with E-state index in [1.807, 2.05) is 0 Å². The molecule has 0 radical (unpaired) electrons. The molecule has 1 aliphatic rings. The average molecular weight is 248 g/mol. The Morgan fingerprint density at radius 1 is 1.28 bits per heavy atom. The number of benzene rings is 1. The number of hydrogen-bond donors (Lipinski definition) is 0. The van der Waals surface area contributed by atoms with E-state index in [0.29, 0.717) is 19.6 Å². The number of carbonyl (C=O) groups excluding carboxylic acids is 1. The molecule has 0 spiro atoms. The Morgan fingerprint density at radius 2 is 1.89 bits per heavy atom. The first kappa shape index (κ1) is 13.2. The van der Waals surface area contributed by atoms with Crippen LogP contribution >= 0.6 is 0 Å². The first-order valence-electron chi connectivity index (χ1n) is 6.41. The van der Waals surface area contributed by atoms with Crippen LogP contribution in [0.2, 0.25) is 0 Å². The fourth-order valence-electron chi connectivity index (χ4n) is 2.42. The Balaban J connectivity index is 2.27. The fraction of sp³-hybridized carbons (Fsp3) is 0.533. The highest BCUT2D eigenvalue weighted by atomic mass is 16.7. The second kappa shape index (κ2) is 5.63. The average Bonchev–Trinajstić information content (AvgIpc) is 2.91. The lowest BCUT2D eigenvalue weighted by Gasteiger charge is -2.34. The Labute approximate surface area is 108 Å². The van der Waals surface area contributed by atoms with E-state index in [-0.39, 0.29) is 11.7 Å². The first-order valence-corrected chi connectivity index (χ1v) is 6.41. The molecular formula is C15H20O3. The van der Waals surface area contributed by atoms with Crippen LogP contribution in [0.1, 0.15) is 30.9 Å². The maximum atomic E-state index is 10.7. The van der Waals surface area contributed by atoms with Gasteiger partial charge in [-0.05, 0) is 18.9 Å². The van der Waals surface area contributed by atoms with Crippen LogP contribution in [0, 0.1) is 6.92 Å². The Bertz CT molecular complexity index is 393. The number of ether oxygens (including phenoxy) is 2. The molecule has 1 aromatic rings. The highest BCUT2D eigenvalue weighted by Crippen LogP contribution is 2.36. The molecular weight excluding hydrogens is 228 g/mol. The predicted octanol–water partition coefficient (Wildman–Crippen LogP) is 2.60. The van der Waals surface area contributed by atoms with E-state index < -0.39 is 0 Å². The van der Waals surface area contributed by atoms with E-state index in [4.69, 9.17) is 9.47 Å². The van der Waals surface area contributed by atoms with Crippen molar-refractivity contribution < 1.29 is 14.3 Å². The molecule has 3 nitrogen and oxygen atoms in total. The summed E-state index contributed by atoms with van der Waals surface area (Å²) in [6.45, 7) is 5.44. The zero-order valence-corrected chi connectivity index (χ0v) is 11.0. The summed E-state index contributed by atoms with van der Waals surface area (Å²) in [4.78, 5) is 10.7. The van der Waals surface area contributed by atoms with Gasteiger partial charge in [0.15, 0.2) is 6.29 Å². The topological polar surface area (TPSA) is 35.5 Å². The summed E-state index contributed by atoms with van der Waals surface area (Å²) < 4.78 is 11.3. The number of rotatable bonds is 5. The van der Waals surface area contributed by atoms with Gasteiger partial charge in [-0.15, -0.1) is 0 Å². The minimum atomic E-state index is -0.259. The number of aryl methyl sites for hydroxylation is 1. The summed E-state index contributed by atoms with van der Waals surface area (Å²) in [5, 5.41) is 0. The summed E-state index contributed by atoms with van der Waals surface area (Å²) >= 11 is 0. The van der Waals surface area contributed by atoms with Gasteiger partial charge in [-0.1, -0.05) is 36.8 Å². The molecule has 1 unspecified atom stereocenters. The maximum Gasteiger partial charge on any atom is 0.167 e. The zero-order valence-electron chi connectivity index (χ0n) is 11.0. The molecule has 1 saturated heterocycles. The van der Waals surface area contributed by atoms with Crippen molar-refractivity contribution in [3.8, 4) is 0 Å². The third-order valence-electron chi connectivity index (χ3n) is 3.63. The van der Waals surface area contributed by atoms with Crippen LogP contribution in [0.3, 0.4) is 0 Å². The fourth-order valence-corrected chi connectivity index (χ4v) is 2.42. The third kappa shape index (κ3) is 2.62. The van der Waals surface area contributed by atoms with Gasteiger partial charge < -0.3 is 14.3 Å². The van der Waals surface area contributed by atoms with Crippen LogP contribution in [-0.2, 0) is 19.7 Å². The molecule has 0 bridgehead atoms. The quantitative estimate of drug-likeness (QED) is 0.751. The minimum Gasteiger partial charge on any atom is -0.349 e. The van der Waals surface area contributed by atoms with Crippen molar-refractivity contribution in [2.45, 2.75) is 38.4 Å². The predicted molar refractivity (Wildman–Crippen MR) is 69.5 cm³/mol. The van der Waals surface area contributed by atoms with Crippen molar-refractivity contribution >= 4 is 6.29 Å². The number of hydrogen-bond acceptors (Lipinski definition) is 3. The van der Waals surface area contributed by atoms with Gasteiger partial charge in [0.1, 0.15) is 6.29 Å². The molecule has 0 amide bonds. The maximum absolute atomic E-state index is 10.7. The molecule has 1 aliphatic heterocycles. The molecule has 0 saturated carbocycles. The van der Waals surface area contributed by atoms with Gasteiger partial charge in [-0.25, -0.2) is 0 Å². The second-order valence-corrected chi connectivity index (χ2v) is 5.06. The first-order chi connectivity index (χ1) is 8.66. The van der Waals surface area contributed by atoms with Crippen molar-refractivity contribution in [2.75, 3.05) is 13.2 Å². The molecule has 1 atom stereocenters. The van der Waals surface area contributed by atoms with Crippen LogP contribution in [0.25, 0.3) is 0 Å². The van der Waals surface area contributed by atoms with Crippen molar-refractivity contribution in [3.05, 3.63) is 35.4 Å². The molecule has 0 aromatic heterocycles. The standard InChI is InChI=1S/C15H20O3/c1-12-4-6-13(7-5-12)15(2,8-3-9-16)14-17-10-11-18-14/h4-7,9,14H,3,8,10-11H2,1-2H3. The van der Waals surface area contributed by atoms with E-state index in [2.05, 4.69) is 38.1 Å². The number of carbonyl (C=O) groups is 1. The van der Waals surface area contributed by atoms with Gasteiger partial charge in [-0.3, -0.25) is 0 Å². The molecule has 0 aliphatic carbocycles. The molecule has 3 heteroatoms. The van der Waals surface area contributed by atoms with E-state index in [1.165, 1.54) is 11.1 Å². The summed E-state index contributed by atoms with van der Waals surface area (Å²) in [6, 6.07) is 8.38. The van der Waals surface area contributed by atoms with Gasteiger partial charge in [-0.2, -0.15) is 0 Å². The summed E-state index contributed by atoms with van der Waals surface area (Å²) in [6.07, 6.45) is 1.97. The van der Waals surface area contributed by atoms with Gasteiger partial charge in [0.05, 0.1) is 13.2 Å². The van der Waals surface area contributed by atoms with Gasteiger partial charge in [0, 0.05) is 11.8 Å². The summed E-state index contributed by atoms with van der Waals surface area (Å²) in [7, 11) is 0. The molecule has 1 fully saturated rings. The van der Waals surface area contributed by atoms with E-state index >= 15 is 0 Å². The molecule has 1 heterocycles. The smallest absolute Gasteiger partial charge is 0.167 e. The zero-order chi connectivity index (χ0) is 13.0. The normalized spacial score (nSPS) is 19.7. The third-order valence-corrected chi connectivity index (χ3v) is 3.63. The lowest BCUT2D eigenvalue weighted by molar-refractivity contribution is -0.111. The van der Waals surface area contributed by atoms with Crippen LogP contribution in [0.4, 0.5) is 0 Å². The Hall–Kier alpha value is -1.19. The summed E-state index contributed by atoms with van der Waals surface area (Å²) in [5.74, 6) is 0. The lowest BCUT2D eigenvalue weighted by atomic mass is 9.77. The molecule has 98 valence electrons. The van der Waals surface area contributed by atoms with E-state index in [9.17, 15) is 4.79 Å². The van der Waals surface area contributed by atoms with Crippen molar-refractivity contribution in [1.29, 1.82) is 0 Å². The SMILES string of the molecule is Cc1ccc(C(C)(CCC=O)C2OCCO2)cc1. The minimum absolute atomic E-state index is 0.250. The molecule has 1 aromatic carbocycles. The van der Waals surface area contributed by atoms with Crippen LogP contribution in [0.15, 0.2) is 24.3 Å². The van der Waals surface area contributed by atoms with Crippen molar-refractivity contribution in [2.24, 2.45) is 0 Å². The second-order valence-electron chi connectivity index (χ2n) is 5.06. The molecule has 2 rings (SSSR count). The van der Waals surface area contributed by atoms with Crippen molar-refractivity contribution in [1.82, 2.24) is 0 Å². The monoisotopic (exact) mass is 248 g/mol. The summed E-state index contributed by atoms with van der Waals surface area (Å²) in [5.41, 5.74) is 2.14. The van der Waals surface area contributed by atoms with E-state index in [1.54, 1.807) is 0 Å². The highest BCUT2D eigenvalue weighted by molar-refractivity contribution is 5.49. The van der Waals surface area contributed by atoms with Gasteiger partial charge in [0.2, 0.25) is 0 Å². The van der Waals surface area contributed by atoms with Gasteiger partial charge in [0.25, 0.3) is 0 Å². The Kier molecular flexibility index (Phi) is 4.15. The molecule has 18 heavy (non-hydrogen) atoms. The Morgan fingerprint density at radius 3 is 2.44 bits per heavy atom. The van der Waals surface area contributed by atoms with Gasteiger partial charge >= 0.3 is 0 Å². The number of aldehydes is 1. The van der Waals surface area contributed by atoms with Crippen LogP contribution in [0.5, 0.6) is 0 Å². The lowest BCUT2D eigenvalue weighted by Crippen LogP contribution is -2.37. The largest absolute Gasteiger partial charge is 0.349 e. The van der Waals surface area contributed by atoms with Crippen LogP contribution < -0.4 is 0 Å². The highest BCUT2D eigenvalue weighted by Gasteiger charge is 2.39. The van der Waals surface area contributed by atoms with Crippen molar-refractivity contribution in [3.63, 3.8) is 0 Å².